The van der Waals surface area contributed by atoms with Crippen molar-refractivity contribution < 1.29 is 28.6 Å². The predicted octanol–water partition coefficient (Wildman–Crippen LogP) is 24.8. The second-order valence-electron chi connectivity index (χ2n) is 24.1. The molecule has 0 saturated carbocycles. The van der Waals surface area contributed by atoms with Crippen LogP contribution in [0, 0.1) is 0 Å². The molecule has 0 saturated heterocycles. The maximum atomic E-state index is 12.9. The maximum absolute atomic E-state index is 12.9. The summed E-state index contributed by atoms with van der Waals surface area (Å²) in [5.74, 6) is -0.891. The van der Waals surface area contributed by atoms with Gasteiger partial charge in [0.05, 0.1) is 0 Å². The standard InChI is InChI=1S/C76H136O6/c1-4-7-10-13-16-19-22-25-28-30-32-34-35-36-37-38-39-40-41-43-44-46-48-51-54-57-60-63-66-69-75(78)81-72-73(71-80-74(77)68-65-62-59-56-53-50-27-24-21-18-15-12-9-6-3)82-76(79)70-67-64-61-58-55-52-49-47-45-42-33-31-29-26-23-20-17-14-11-8-5-2/h15,18,23-24,26-27,30-33,45,47,73H,4-14,16-17,19-22,25,28-29,34-44,46,48-72H2,1-3H3/b18-15-,26-23-,27-24-,32-30-,33-31-,47-45-. The van der Waals surface area contributed by atoms with E-state index in [-0.39, 0.29) is 31.1 Å². The SMILES string of the molecule is CCCC/C=C\C/C=C\CCCCCCCC(=O)OCC(COC(=O)CCCCCCCCCCCCCCCCCCC/C=C\CCCCCCCCCC)OC(=O)CCCCCCCC/C=C\C/C=C\C/C=C\CCCCCCC. The van der Waals surface area contributed by atoms with Gasteiger partial charge in [-0.25, -0.2) is 0 Å². The summed E-state index contributed by atoms with van der Waals surface area (Å²) in [6.45, 7) is 6.62. The van der Waals surface area contributed by atoms with Gasteiger partial charge in [0.15, 0.2) is 6.10 Å². The van der Waals surface area contributed by atoms with Gasteiger partial charge in [-0.1, -0.05) is 318 Å². The molecule has 476 valence electrons. The molecule has 0 aromatic heterocycles. The quantitative estimate of drug-likeness (QED) is 0.0261. The van der Waals surface area contributed by atoms with Crippen molar-refractivity contribution in [2.24, 2.45) is 0 Å². The molecule has 1 atom stereocenters. The molecule has 0 aliphatic carbocycles. The molecular weight excluding hydrogens is 1010 g/mol. The largest absolute Gasteiger partial charge is 0.462 e. The van der Waals surface area contributed by atoms with E-state index in [2.05, 4.69) is 93.7 Å². The Morgan fingerprint density at radius 3 is 0.732 bits per heavy atom. The van der Waals surface area contributed by atoms with Crippen LogP contribution in [0.1, 0.15) is 374 Å². The van der Waals surface area contributed by atoms with Gasteiger partial charge in [0.25, 0.3) is 0 Å². The lowest BCUT2D eigenvalue weighted by Gasteiger charge is -2.18. The van der Waals surface area contributed by atoms with Crippen LogP contribution in [0.4, 0.5) is 0 Å². The normalized spacial score (nSPS) is 12.5. The highest BCUT2D eigenvalue weighted by Gasteiger charge is 2.19. The summed E-state index contributed by atoms with van der Waals surface area (Å²) >= 11 is 0. The zero-order valence-electron chi connectivity index (χ0n) is 54.8. The van der Waals surface area contributed by atoms with Crippen molar-refractivity contribution in [3.05, 3.63) is 72.9 Å². The molecule has 1 unspecified atom stereocenters. The minimum Gasteiger partial charge on any atom is -0.462 e. The van der Waals surface area contributed by atoms with E-state index in [4.69, 9.17) is 14.2 Å². The molecule has 6 heteroatoms. The average Bonchev–Trinajstić information content (AvgIpc) is 3.48. The highest BCUT2D eigenvalue weighted by Crippen LogP contribution is 2.18. The third kappa shape index (κ3) is 67.6. The number of ether oxygens (including phenoxy) is 3. The Bertz CT molecular complexity index is 1500. The van der Waals surface area contributed by atoms with Crippen LogP contribution in [0.2, 0.25) is 0 Å². The van der Waals surface area contributed by atoms with E-state index in [9.17, 15) is 14.4 Å². The highest BCUT2D eigenvalue weighted by atomic mass is 16.6. The van der Waals surface area contributed by atoms with Gasteiger partial charge in [-0.2, -0.15) is 0 Å². The lowest BCUT2D eigenvalue weighted by molar-refractivity contribution is -0.167. The topological polar surface area (TPSA) is 78.9 Å². The summed E-state index contributed by atoms with van der Waals surface area (Å²) in [5.41, 5.74) is 0. The van der Waals surface area contributed by atoms with Gasteiger partial charge in [0, 0.05) is 19.3 Å². The molecule has 0 spiro atoms. The number of unbranched alkanes of at least 4 members (excludes halogenated alkanes) is 43. The Morgan fingerprint density at radius 1 is 0.244 bits per heavy atom. The number of esters is 3. The zero-order valence-corrected chi connectivity index (χ0v) is 54.8. The number of carbonyl (C=O) groups is 3. The van der Waals surface area contributed by atoms with E-state index in [1.54, 1.807) is 0 Å². The molecule has 6 nitrogen and oxygen atoms in total. The van der Waals surface area contributed by atoms with Crippen molar-refractivity contribution in [1.82, 2.24) is 0 Å². The second kappa shape index (κ2) is 70.3. The van der Waals surface area contributed by atoms with Gasteiger partial charge in [-0.15, -0.1) is 0 Å². The first-order chi connectivity index (χ1) is 40.5. The third-order valence-corrected chi connectivity index (χ3v) is 15.9. The molecule has 0 aromatic carbocycles. The van der Waals surface area contributed by atoms with Gasteiger partial charge in [0.2, 0.25) is 0 Å². The molecule has 0 aliphatic rings. The van der Waals surface area contributed by atoms with Crippen LogP contribution in [-0.4, -0.2) is 37.2 Å². The van der Waals surface area contributed by atoms with Crippen molar-refractivity contribution in [3.63, 3.8) is 0 Å². The Morgan fingerprint density at radius 2 is 0.451 bits per heavy atom. The minimum atomic E-state index is -0.790. The monoisotopic (exact) mass is 1150 g/mol. The number of hydrogen-bond donors (Lipinski definition) is 0. The zero-order chi connectivity index (χ0) is 59.2. The van der Waals surface area contributed by atoms with Gasteiger partial charge in [-0.3, -0.25) is 14.4 Å². The number of carbonyl (C=O) groups excluding carboxylic acids is 3. The van der Waals surface area contributed by atoms with Crippen LogP contribution in [-0.2, 0) is 28.6 Å². The molecule has 82 heavy (non-hydrogen) atoms. The second-order valence-corrected chi connectivity index (χ2v) is 24.1. The van der Waals surface area contributed by atoms with Gasteiger partial charge < -0.3 is 14.2 Å². The summed E-state index contributed by atoms with van der Waals surface area (Å²) < 4.78 is 17.0. The first-order valence-corrected chi connectivity index (χ1v) is 35.9. The van der Waals surface area contributed by atoms with Crippen LogP contribution < -0.4 is 0 Å². The Labute approximate surface area is 510 Å². The fraction of sp³-hybridized carbons (Fsp3) is 0.803. The predicted molar refractivity (Wildman–Crippen MR) is 358 cm³/mol. The summed E-state index contributed by atoms with van der Waals surface area (Å²) in [6.07, 6.45) is 92.2. The fourth-order valence-electron chi connectivity index (χ4n) is 10.5. The summed E-state index contributed by atoms with van der Waals surface area (Å²) in [5, 5.41) is 0. The Kier molecular flexibility index (Phi) is 67.6. The molecule has 0 heterocycles. The molecule has 0 aromatic rings. The van der Waals surface area contributed by atoms with Crippen LogP contribution in [0.5, 0.6) is 0 Å². The minimum absolute atomic E-state index is 0.0828. The lowest BCUT2D eigenvalue weighted by atomic mass is 10.0. The van der Waals surface area contributed by atoms with E-state index >= 15 is 0 Å². The molecule has 0 rings (SSSR count). The molecular formula is C76H136O6. The van der Waals surface area contributed by atoms with Crippen molar-refractivity contribution in [1.29, 1.82) is 0 Å². The number of allylic oxidation sites excluding steroid dienone is 12. The van der Waals surface area contributed by atoms with Gasteiger partial charge >= 0.3 is 17.9 Å². The summed E-state index contributed by atoms with van der Waals surface area (Å²) in [6, 6.07) is 0. The van der Waals surface area contributed by atoms with Crippen LogP contribution in [0.3, 0.4) is 0 Å². The third-order valence-electron chi connectivity index (χ3n) is 15.9. The first-order valence-electron chi connectivity index (χ1n) is 35.9. The molecule has 0 amide bonds. The first kappa shape index (κ1) is 78.8. The smallest absolute Gasteiger partial charge is 0.306 e. The van der Waals surface area contributed by atoms with Crippen molar-refractivity contribution in [2.45, 2.75) is 380 Å². The van der Waals surface area contributed by atoms with Gasteiger partial charge in [-0.05, 0) is 109 Å². The molecule has 0 radical (unpaired) electrons. The van der Waals surface area contributed by atoms with E-state index in [0.29, 0.717) is 19.3 Å². The van der Waals surface area contributed by atoms with Gasteiger partial charge in [0.1, 0.15) is 13.2 Å². The Hall–Kier alpha value is -3.15. The highest BCUT2D eigenvalue weighted by molar-refractivity contribution is 5.71. The number of rotatable bonds is 66. The van der Waals surface area contributed by atoms with Crippen molar-refractivity contribution in [3.8, 4) is 0 Å². The Balaban J connectivity index is 4.26. The van der Waals surface area contributed by atoms with Crippen LogP contribution in [0.25, 0.3) is 0 Å². The van der Waals surface area contributed by atoms with Crippen molar-refractivity contribution >= 4 is 17.9 Å². The average molecular weight is 1150 g/mol. The van der Waals surface area contributed by atoms with E-state index in [1.165, 1.54) is 231 Å². The number of hydrogen-bond acceptors (Lipinski definition) is 6. The van der Waals surface area contributed by atoms with E-state index in [1.807, 2.05) is 0 Å². The van der Waals surface area contributed by atoms with Crippen LogP contribution in [0.15, 0.2) is 72.9 Å². The molecule has 0 aliphatic heterocycles. The van der Waals surface area contributed by atoms with E-state index < -0.39 is 6.10 Å². The molecule has 0 N–H and O–H groups in total. The summed E-state index contributed by atoms with van der Waals surface area (Å²) in [7, 11) is 0. The van der Waals surface area contributed by atoms with E-state index in [0.717, 1.165) is 103 Å². The maximum Gasteiger partial charge on any atom is 0.306 e. The summed E-state index contributed by atoms with van der Waals surface area (Å²) in [4.78, 5) is 38.4. The van der Waals surface area contributed by atoms with Crippen LogP contribution >= 0.6 is 0 Å². The molecule has 0 fully saturated rings. The molecule has 0 bridgehead atoms. The lowest BCUT2D eigenvalue weighted by Crippen LogP contribution is -2.30. The fourth-order valence-corrected chi connectivity index (χ4v) is 10.5. The van der Waals surface area contributed by atoms with Crippen molar-refractivity contribution in [2.75, 3.05) is 13.2 Å².